The molecule has 0 amide bonds. The fourth-order valence-electron chi connectivity index (χ4n) is 3.96. The Bertz CT molecular complexity index is 1070. The zero-order valence-corrected chi connectivity index (χ0v) is 17.7. The van der Waals surface area contributed by atoms with Crippen LogP contribution in [0.1, 0.15) is 37.7 Å². The van der Waals surface area contributed by atoms with Gasteiger partial charge in [0.1, 0.15) is 17.8 Å². The Kier molecular flexibility index (Phi) is 6.10. The van der Waals surface area contributed by atoms with Gasteiger partial charge >= 0.3 is 0 Å². The number of ether oxygens (including phenoxy) is 1. The van der Waals surface area contributed by atoms with Crippen LogP contribution in [0.5, 0.6) is 5.75 Å². The molecular formula is C21H25N5O3S. The summed E-state index contributed by atoms with van der Waals surface area (Å²) in [5, 5.41) is 11.1. The van der Waals surface area contributed by atoms with E-state index in [-0.39, 0.29) is 10.9 Å². The largest absolute Gasteiger partial charge is 0.494 e. The first-order chi connectivity index (χ1) is 14.6. The van der Waals surface area contributed by atoms with E-state index in [1.807, 2.05) is 30.3 Å². The van der Waals surface area contributed by atoms with Gasteiger partial charge in [0.05, 0.1) is 12.0 Å². The van der Waals surface area contributed by atoms with Crippen molar-refractivity contribution in [2.75, 3.05) is 7.11 Å². The number of benzene rings is 2. The number of nitrogens with zero attached hydrogens (tertiary/aromatic N) is 5. The van der Waals surface area contributed by atoms with E-state index in [0.717, 1.165) is 37.7 Å². The van der Waals surface area contributed by atoms with Crippen molar-refractivity contribution in [3.63, 3.8) is 0 Å². The second-order valence-electron chi connectivity index (χ2n) is 7.42. The van der Waals surface area contributed by atoms with E-state index in [9.17, 15) is 8.42 Å². The first-order valence-corrected chi connectivity index (χ1v) is 11.5. The molecule has 0 atom stereocenters. The average molecular weight is 428 g/mol. The maximum atomic E-state index is 13.7. The maximum Gasteiger partial charge on any atom is 0.243 e. The lowest BCUT2D eigenvalue weighted by atomic mass is 9.95. The minimum Gasteiger partial charge on any atom is -0.494 e. The molecule has 8 nitrogen and oxygen atoms in total. The van der Waals surface area contributed by atoms with Gasteiger partial charge in [-0.1, -0.05) is 49.6 Å². The van der Waals surface area contributed by atoms with E-state index in [4.69, 9.17) is 4.74 Å². The van der Waals surface area contributed by atoms with Gasteiger partial charge in [0.15, 0.2) is 0 Å². The lowest BCUT2D eigenvalue weighted by Crippen LogP contribution is -2.40. The molecule has 0 spiro atoms. The van der Waals surface area contributed by atoms with Crippen molar-refractivity contribution in [3.8, 4) is 11.4 Å². The van der Waals surface area contributed by atoms with Crippen molar-refractivity contribution in [2.45, 2.75) is 49.6 Å². The molecule has 30 heavy (non-hydrogen) atoms. The molecule has 1 fully saturated rings. The van der Waals surface area contributed by atoms with Crippen LogP contribution in [0.2, 0.25) is 0 Å². The number of hydrogen-bond donors (Lipinski definition) is 0. The van der Waals surface area contributed by atoms with E-state index < -0.39 is 10.0 Å². The van der Waals surface area contributed by atoms with Crippen LogP contribution in [0, 0.1) is 0 Å². The fourth-order valence-corrected chi connectivity index (χ4v) is 5.65. The molecule has 0 aliphatic heterocycles. The summed E-state index contributed by atoms with van der Waals surface area (Å²) < 4.78 is 36.0. The summed E-state index contributed by atoms with van der Waals surface area (Å²) in [5.41, 5.74) is 1.55. The molecule has 0 N–H and O–H groups in total. The Balaban J connectivity index is 1.72. The van der Waals surface area contributed by atoms with Gasteiger partial charge in [-0.15, -0.1) is 5.10 Å². The van der Waals surface area contributed by atoms with Crippen LogP contribution >= 0.6 is 0 Å². The minimum atomic E-state index is -3.72. The Hall–Kier alpha value is -2.78. The van der Waals surface area contributed by atoms with Gasteiger partial charge in [-0.2, -0.15) is 8.99 Å². The van der Waals surface area contributed by atoms with E-state index in [0.29, 0.717) is 18.0 Å². The summed E-state index contributed by atoms with van der Waals surface area (Å²) in [6.45, 7) is 0.352. The molecule has 1 aliphatic carbocycles. The summed E-state index contributed by atoms with van der Waals surface area (Å²) in [6.07, 6.45) is 6.46. The smallest absolute Gasteiger partial charge is 0.243 e. The third kappa shape index (κ3) is 4.22. The molecule has 1 heterocycles. The normalized spacial score (nSPS) is 15.4. The monoisotopic (exact) mass is 427 g/mol. The zero-order valence-electron chi connectivity index (χ0n) is 16.9. The number of tetrazole rings is 1. The maximum absolute atomic E-state index is 13.7. The van der Waals surface area contributed by atoms with Gasteiger partial charge < -0.3 is 4.74 Å². The molecule has 1 aliphatic rings. The van der Waals surface area contributed by atoms with Crippen LogP contribution in [0.15, 0.2) is 59.8 Å². The molecule has 3 aromatic rings. The van der Waals surface area contributed by atoms with Crippen molar-refractivity contribution in [2.24, 2.45) is 0 Å². The standard InChI is InChI=1S/C21H25N5O3S/c1-29-21-14-19(12-13-20(21)25-16-22-23-24-25)30(27,28)26(18-10-6-3-7-11-18)15-17-8-4-2-5-9-17/h2,4-5,8-9,12-14,16,18H,3,6-7,10-11,15H2,1H3. The molecule has 158 valence electrons. The van der Waals surface area contributed by atoms with Crippen LogP contribution < -0.4 is 4.74 Å². The summed E-state index contributed by atoms with van der Waals surface area (Å²) in [7, 11) is -2.22. The van der Waals surface area contributed by atoms with Gasteiger partial charge in [0.25, 0.3) is 0 Å². The first-order valence-electron chi connectivity index (χ1n) is 10.1. The third-order valence-electron chi connectivity index (χ3n) is 5.52. The first kappa shape index (κ1) is 20.5. The topological polar surface area (TPSA) is 90.2 Å². The van der Waals surface area contributed by atoms with E-state index >= 15 is 0 Å². The fraction of sp³-hybridized carbons (Fsp3) is 0.381. The second-order valence-corrected chi connectivity index (χ2v) is 9.31. The van der Waals surface area contributed by atoms with Crippen molar-refractivity contribution >= 4 is 10.0 Å². The Morgan fingerprint density at radius 1 is 1.10 bits per heavy atom. The number of sulfonamides is 1. The minimum absolute atomic E-state index is 0.00542. The molecule has 4 rings (SSSR count). The zero-order chi connectivity index (χ0) is 21.0. The van der Waals surface area contributed by atoms with Crippen LogP contribution in [-0.2, 0) is 16.6 Å². The summed E-state index contributed by atoms with van der Waals surface area (Å²) in [6, 6.07) is 14.5. The Morgan fingerprint density at radius 3 is 2.53 bits per heavy atom. The van der Waals surface area contributed by atoms with Gasteiger partial charge in [-0.3, -0.25) is 0 Å². The molecule has 0 unspecified atom stereocenters. The van der Waals surface area contributed by atoms with Crippen molar-refractivity contribution < 1.29 is 13.2 Å². The quantitative estimate of drug-likeness (QED) is 0.575. The van der Waals surface area contributed by atoms with Gasteiger partial charge in [0, 0.05) is 18.7 Å². The molecule has 0 saturated heterocycles. The van der Waals surface area contributed by atoms with E-state index in [1.54, 1.807) is 22.5 Å². The lowest BCUT2D eigenvalue weighted by molar-refractivity contribution is 0.247. The highest BCUT2D eigenvalue weighted by atomic mass is 32.2. The van der Waals surface area contributed by atoms with Crippen molar-refractivity contribution in [1.29, 1.82) is 0 Å². The van der Waals surface area contributed by atoms with Crippen molar-refractivity contribution in [1.82, 2.24) is 24.5 Å². The lowest BCUT2D eigenvalue weighted by Gasteiger charge is -2.33. The van der Waals surface area contributed by atoms with Crippen LogP contribution in [0.25, 0.3) is 5.69 Å². The predicted octanol–water partition coefficient (Wildman–Crippen LogP) is 3.19. The second kappa shape index (κ2) is 8.93. The van der Waals surface area contributed by atoms with E-state index in [1.165, 1.54) is 18.1 Å². The number of rotatable bonds is 7. The SMILES string of the molecule is COc1cc(S(=O)(=O)N(Cc2ccccc2)C2CCCCC2)ccc1-n1cnnn1. The number of methoxy groups -OCH3 is 1. The van der Waals surface area contributed by atoms with Gasteiger partial charge in [-0.05, 0) is 41.0 Å². The van der Waals surface area contributed by atoms with Crippen LogP contribution in [-0.4, -0.2) is 46.1 Å². The molecule has 0 bridgehead atoms. The Labute approximate surface area is 176 Å². The highest BCUT2D eigenvalue weighted by Crippen LogP contribution is 2.32. The summed E-state index contributed by atoms with van der Waals surface area (Å²) in [5.74, 6) is 0.395. The molecule has 0 radical (unpaired) electrons. The molecule has 2 aromatic carbocycles. The van der Waals surface area contributed by atoms with Crippen LogP contribution in [0.4, 0.5) is 0 Å². The van der Waals surface area contributed by atoms with Crippen LogP contribution in [0.3, 0.4) is 0 Å². The molecular weight excluding hydrogens is 402 g/mol. The summed E-state index contributed by atoms with van der Waals surface area (Å²) in [4.78, 5) is 0.206. The Morgan fingerprint density at radius 2 is 1.87 bits per heavy atom. The van der Waals surface area contributed by atoms with Crippen molar-refractivity contribution in [3.05, 3.63) is 60.4 Å². The predicted molar refractivity (Wildman–Crippen MR) is 112 cm³/mol. The molecule has 1 aromatic heterocycles. The number of hydrogen-bond acceptors (Lipinski definition) is 6. The van der Waals surface area contributed by atoms with Gasteiger partial charge in [0.2, 0.25) is 10.0 Å². The highest BCUT2D eigenvalue weighted by Gasteiger charge is 2.33. The van der Waals surface area contributed by atoms with E-state index in [2.05, 4.69) is 15.5 Å². The average Bonchev–Trinajstić information content (AvgIpc) is 3.33. The third-order valence-corrected chi connectivity index (χ3v) is 7.41. The molecule has 1 saturated carbocycles. The summed E-state index contributed by atoms with van der Waals surface area (Å²) >= 11 is 0. The number of aromatic nitrogens is 4. The molecule has 9 heteroatoms. The highest BCUT2D eigenvalue weighted by molar-refractivity contribution is 7.89. The van der Waals surface area contributed by atoms with Gasteiger partial charge in [-0.25, -0.2) is 8.42 Å².